The lowest BCUT2D eigenvalue weighted by molar-refractivity contribution is -0.0387. The molecule has 60 valence electrons. The zero-order chi connectivity index (χ0) is 7.78. The normalized spacial score (nSPS) is 39.6. The van der Waals surface area contributed by atoms with Crippen molar-refractivity contribution in [2.24, 2.45) is 5.41 Å². The highest BCUT2D eigenvalue weighted by molar-refractivity contribution is 4.85. The van der Waals surface area contributed by atoms with E-state index < -0.39 is 0 Å². The summed E-state index contributed by atoms with van der Waals surface area (Å²) in [6, 6.07) is 0. The van der Waals surface area contributed by atoms with Gasteiger partial charge in [-0.25, -0.2) is 0 Å². The lowest BCUT2D eigenvalue weighted by atomic mass is 9.74. The third-order valence-corrected chi connectivity index (χ3v) is 2.44. The van der Waals surface area contributed by atoms with Crippen molar-refractivity contribution in [3.8, 4) is 0 Å². The summed E-state index contributed by atoms with van der Waals surface area (Å²) >= 11 is 0. The van der Waals surface area contributed by atoms with Crippen LogP contribution in [0.4, 0.5) is 0 Å². The third kappa shape index (κ3) is 1.50. The number of aliphatic hydroxyl groups is 2. The molecule has 2 unspecified atom stereocenters. The third-order valence-electron chi connectivity index (χ3n) is 2.44. The lowest BCUT2D eigenvalue weighted by Crippen LogP contribution is -2.38. The molecule has 1 rings (SSSR count). The first kappa shape index (κ1) is 8.02. The average Bonchev–Trinajstić information content (AvgIpc) is 1.78. The van der Waals surface area contributed by atoms with Gasteiger partial charge < -0.3 is 10.2 Å². The summed E-state index contributed by atoms with van der Waals surface area (Å²) in [4.78, 5) is 0. The topological polar surface area (TPSA) is 40.5 Å². The fourth-order valence-corrected chi connectivity index (χ4v) is 1.59. The molecule has 1 fully saturated rings. The Hall–Kier alpha value is -0.0800. The number of aliphatic hydroxyl groups excluding tert-OH is 2. The minimum atomic E-state index is -0.226. The minimum Gasteiger partial charge on any atom is -0.393 e. The monoisotopic (exact) mass is 144 g/mol. The van der Waals surface area contributed by atoms with Crippen LogP contribution in [0.3, 0.4) is 0 Å². The first-order valence-corrected chi connectivity index (χ1v) is 3.88. The van der Waals surface area contributed by atoms with Crippen molar-refractivity contribution in [2.75, 3.05) is 0 Å². The maximum atomic E-state index is 9.44. The maximum Gasteiger partial charge on any atom is 0.0593 e. The average molecular weight is 144 g/mol. The van der Waals surface area contributed by atoms with Gasteiger partial charge in [-0.05, 0) is 24.7 Å². The molecule has 1 aliphatic rings. The molecule has 2 atom stereocenters. The van der Waals surface area contributed by atoms with E-state index in [1.807, 2.05) is 13.8 Å². The highest BCUT2D eigenvalue weighted by atomic mass is 16.3. The van der Waals surface area contributed by atoms with Crippen LogP contribution in [0, 0.1) is 5.41 Å². The second-order valence-corrected chi connectivity index (χ2v) is 3.94. The van der Waals surface area contributed by atoms with Crippen molar-refractivity contribution in [3.05, 3.63) is 0 Å². The van der Waals surface area contributed by atoms with Gasteiger partial charge in [-0.2, -0.15) is 0 Å². The van der Waals surface area contributed by atoms with E-state index in [4.69, 9.17) is 0 Å². The minimum absolute atomic E-state index is 0.0856. The smallest absolute Gasteiger partial charge is 0.0593 e. The van der Waals surface area contributed by atoms with Crippen LogP contribution >= 0.6 is 0 Å². The van der Waals surface area contributed by atoms with Crippen molar-refractivity contribution < 1.29 is 10.2 Å². The Morgan fingerprint density at radius 3 is 2.20 bits per heavy atom. The van der Waals surface area contributed by atoms with Gasteiger partial charge in [0.15, 0.2) is 0 Å². The van der Waals surface area contributed by atoms with Gasteiger partial charge in [-0.15, -0.1) is 0 Å². The predicted octanol–water partition coefficient (Wildman–Crippen LogP) is 0.918. The van der Waals surface area contributed by atoms with Gasteiger partial charge in [0, 0.05) is 0 Å². The van der Waals surface area contributed by atoms with Gasteiger partial charge in [0.05, 0.1) is 12.2 Å². The van der Waals surface area contributed by atoms with Gasteiger partial charge >= 0.3 is 0 Å². The summed E-state index contributed by atoms with van der Waals surface area (Å²) in [5.41, 5.74) is -0.0856. The highest BCUT2D eigenvalue weighted by Gasteiger charge is 2.34. The van der Waals surface area contributed by atoms with E-state index in [-0.39, 0.29) is 17.6 Å². The predicted molar refractivity (Wildman–Crippen MR) is 39.6 cm³/mol. The number of hydrogen-bond acceptors (Lipinski definition) is 2. The molecule has 10 heavy (non-hydrogen) atoms. The summed E-state index contributed by atoms with van der Waals surface area (Å²) in [5, 5.41) is 18.7. The molecule has 0 spiro atoms. The molecular formula is C8H16O2. The van der Waals surface area contributed by atoms with E-state index in [2.05, 4.69) is 0 Å². The second-order valence-electron chi connectivity index (χ2n) is 3.94. The fraction of sp³-hybridized carbons (Fsp3) is 1.00. The molecule has 0 aromatic rings. The van der Waals surface area contributed by atoms with Crippen LogP contribution in [0.1, 0.15) is 33.1 Å². The van der Waals surface area contributed by atoms with Crippen LogP contribution in [0.2, 0.25) is 0 Å². The van der Waals surface area contributed by atoms with Crippen LogP contribution in [-0.2, 0) is 0 Å². The summed E-state index contributed by atoms with van der Waals surface area (Å²) in [5.74, 6) is 0. The molecule has 0 radical (unpaired) electrons. The molecule has 0 bridgehead atoms. The highest BCUT2D eigenvalue weighted by Crippen LogP contribution is 2.35. The molecule has 0 aliphatic heterocycles. The van der Waals surface area contributed by atoms with E-state index in [1.54, 1.807) is 0 Å². The quantitative estimate of drug-likeness (QED) is 0.530. The largest absolute Gasteiger partial charge is 0.393 e. The van der Waals surface area contributed by atoms with Crippen molar-refractivity contribution in [1.29, 1.82) is 0 Å². The van der Waals surface area contributed by atoms with Gasteiger partial charge in [0.1, 0.15) is 0 Å². The van der Waals surface area contributed by atoms with E-state index >= 15 is 0 Å². The Kier molecular flexibility index (Phi) is 2.02. The summed E-state index contributed by atoms with van der Waals surface area (Å²) in [7, 11) is 0. The van der Waals surface area contributed by atoms with Crippen molar-refractivity contribution in [3.63, 3.8) is 0 Å². The number of hydrogen-bond donors (Lipinski definition) is 2. The van der Waals surface area contributed by atoms with Gasteiger partial charge in [0.25, 0.3) is 0 Å². The van der Waals surface area contributed by atoms with Crippen LogP contribution < -0.4 is 0 Å². The number of rotatable bonds is 0. The maximum absolute atomic E-state index is 9.44. The molecule has 2 nitrogen and oxygen atoms in total. The van der Waals surface area contributed by atoms with E-state index in [1.165, 1.54) is 0 Å². The van der Waals surface area contributed by atoms with E-state index in [0.717, 1.165) is 19.3 Å². The van der Waals surface area contributed by atoms with Crippen LogP contribution in [0.25, 0.3) is 0 Å². The molecular weight excluding hydrogens is 128 g/mol. The molecule has 1 saturated carbocycles. The van der Waals surface area contributed by atoms with Crippen LogP contribution in [0.5, 0.6) is 0 Å². The zero-order valence-corrected chi connectivity index (χ0v) is 6.67. The zero-order valence-electron chi connectivity index (χ0n) is 6.67. The molecule has 0 heterocycles. The Balaban J connectivity index is 2.55. The Morgan fingerprint density at radius 1 is 1.20 bits per heavy atom. The Bertz CT molecular complexity index is 120. The first-order valence-electron chi connectivity index (χ1n) is 3.88. The van der Waals surface area contributed by atoms with Crippen molar-refractivity contribution >= 4 is 0 Å². The standard InChI is InChI=1S/C8H16O2/c1-8(2)5-6(9)3-4-7(8)10/h6-7,9-10H,3-5H2,1-2H3. The van der Waals surface area contributed by atoms with Crippen LogP contribution in [0.15, 0.2) is 0 Å². The summed E-state index contributed by atoms with van der Waals surface area (Å²) < 4.78 is 0. The lowest BCUT2D eigenvalue weighted by Gasteiger charge is -2.37. The van der Waals surface area contributed by atoms with E-state index in [9.17, 15) is 10.2 Å². The SMILES string of the molecule is CC1(C)CC(O)CCC1O. The van der Waals surface area contributed by atoms with Gasteiger partial charge in [-0.1, -0.05) is 13.8 Å². The van der Waals surface area contributed by atoms with Crippen LogP contribution in [-0.4, -0.2) is 22.4 Å². The summed E-state index contributed by atoms with van der Waals surface area (Å²) in [6.45, 7) is 4.00. The molecule has 0 aromatic carbocycles. The Morgan fingerprint density at radius 2 is 1.80 bits per heavy atom. The molecule has 2 N–H and O–H groups in total. The molecule has 1 aliphatic carbocycles. The van der Waals surface area contributed by atoms with Crippen molar-refractivity contribution in [2.45, 2.75) is 45.3 Å². The molecule has 2 heteroatoms. The van der Waals surface area contributed by atoms with Gasteiger partial charge in [0.2, 0.25) is 0 Å². The van der Waals surface area contributed by atoms with Gasteiger partial charge in [-0.3, -0.25) is 0 Å². The van der Waals surface area contributed by atoms with Crippen molar-refractivity contribution in [1.82, 2.24) is 0 Å². The molecule has 0 amide bonds. The molecule has 0 saturated heterocycles. The molecule has 0 aromatic heterocycles. The Labute approximate surface area is 61.9 Å². The fourth-order valence-electron chi connectivity index (χ4n) is 1.59. The van der Waals surface area contributed by atoms with E-state index in [0.29, 0.717) is 0 Å². The summed E-state index contributed by atoms with van der Waals surface area (Å²) in [6.07, 6.45) is 1.81. The second kappa shape index (κ2) is 2.51. The first-order chi connectivity index (χ1) is 4.52.